The fourth-order valence-corrected chi connectivity index (χ4v) is 8.00. The summed E-state index contributed by atoms with van der Waals surface area (Å²) in [6.07, 6.45) is -8.33. The first-order valence-electron chi connectivity index (χ1n) is 13.2. The molecule has 10 atom stereocenters. The molecule has 0 spiro atoms. The van der Waals surface area contributed by atoms with Crippen LogP contribution in [0.5, 0.6) is 0 Å². The zero-order valence-electron chi connectivity index (χ0n) is 22.9. The number of nitrogens with one attached hydrogen (secondary N) is 1. The van der Waals surface area contributed by atoms with Gasteiger partial charge in [-0.3, -0.25) is 37.0 Å². The molecule has 2 unspecified atom stereocenters. The number of ether oxygens (including phenoxy) is 2. The molecule has 3 aliphatic rings. The van der Waals surface area contributed by atoms with Crippen LogP contribution in [0.2, 0.25) is 0 Å². The number of aromatic nitrogens is 8. The van der Waals surface area contributed by atoms with E-state index in [9.17, 15) is 19.0 Å². The Morgan fingerprint density at radius 1 is 0.978 bits per heavy atom. The molecular formula is C21H25FN10O10P2S. The van der Waals surface area contributed by atoms with Crippen LogP contribution < -0.4 is 17.0 Å². The average Bonchev–Trinajstić information content (AvgIpc) is 3.72. The summed E-state index contributed by atoms with van der Waals surface area (Å²) in [6, 6.07) is 0. The quantitative estimate of drug-likeness (QED) is 0.140. The highest BCUT2D eigenvalue weighted by Gasteiger charge is 2.53. The highest BCUT2D eigenvalue weighted by atomic mass is 32.7. The van der Waals surface area contributed by atoms with Crippen molar-refractivity contribution in [3.05, 3.63) is 29.3 Å². The Morgan fingerprint density at radius 3 is 2.44 bits per heavy atom. The fourth-order valence-electron chi connectivity index (χ4n) is 5.37. The predicted molar refractivity (Wildman–Crippen MR) is 153 cm³/mol. The van der Waals surface area contributed by atoms with Gasteiger partial charge in [0.05, 0.1) is 25.9 Å². The Bertz CT molecular complexity index is 1940. The highest BCUT2D eigenvalue weighted by molar-refractivity contribution is 8.44. The van der Waals surface area contributed by atoms with E-state index in [1.54, 1.807) is 0 Å². The third kappa shape index (κ3) is 5.43. The second-order valence-electron chi connectivity index (χ2n) is 10.4. The van der Waals surface area contributed by atoms with E-state index in [2.05, 4.69) is 42.2 Å². The summed E-state index contributed by atoms with van der Waals surface area (Å²) in [5.41, 5.74) is 11.1. The number of hydrogen-bond donors (Lipinski definition) is 5. The molecule has 0 saturated carbocycles. The predicted octanol–water partition coefficient (Wildman–Crippen LogP) is 0.296. The van der Waals surface area contributed by atoms with E-state index in [-0.39, 0.29) is 34.1 Å². The number of nitrogens with zero attached hydrogens (tertiary/aromatic N) is 7. The maximum Gasteiger partial charge on any atom is 0.386 e. The van der Waals surface area contributed by atoms with Crippen LogP contribution in [0.4, 0.5) is 16.2 Å². The molecule has 45 heavy (non-hydrogen) atoms. The van der Waals surface area contributed by atoms with E-state index in [1.807, 2.05) is 0 Å². The Balaban J connectivity index is 1.21. The number of aromatic amines is 1. The van der Waals surface area contributed by atoms with Crippen molar-refractivity contribution in [2.75, 3.05) is 31.3 Å². The van der Waals surface area contributed by atoms with Gasteiger partial charge in [0.2, 0.25) is 5.95 Å². The number of aliphatic hydroxyl groups excluding tert-OH is 1. The number of H-pyrrole nitrogens is 1. The molecule has 4 aromatic heterocycles. The van der Waals surface area contributed by atoms with Crippen LogP contribution in [-0.4, -0.2) is 101 Å². The Hall–Kier alpha value is -3.04. The normalized spacial score (nSPS) is 37.7. The van der Waals surface area contributed by atoms with E-state index >= 15 is 4.39 Å². The van der Waals surface area contributed by atoms with Crippen LogP contribution in [0, 0.1) is 0 Å². The summed E-state index contributed by atoms with van der Waals surface area (Å²) in [5, 5.41) is 11.1. The number of fused-ring (bicyclic) bond motifs is 5. The molecule has 7 heterocycles. The monoisotopic (exact) mass is 690 g/mol. The SMILES string of the molecule is CP1(=O)OC[C@H]2O[C@@H](n3cnc4c(N)ncnc43)[C@H](OP(=O)(S)OC[C@H]3O[C@@H](n4cnc5c(=O)[nH]c(N)nc54)[C@H](F)[C@@H]3O1)[C@@H]2O. The molecule has 0 aromatic carbocycles. The van der Waals surface area contributed by atoms with Crippen LogP contribution >= 0.6 is 26.6 Å². The number of aliphatic hydroxyl groups is 1. The number of nitrogens with two attached hydrogens (primary N) is 2. The molecule has 242 valence electrons. The van der Waals surface area contributed by atoms with Crippen LogP contribution in [0.3, 0.4) is 0 Å². The summed E-state index contributed by atoms with van der Waals surface area (Å²) < 4.78 is 79.7. The van der Waals surface area contributed by atoms with Gasteiger partial charge in [-0.15, -0.1) is 0 Å². The Kier molecular flexibility index (Phi) is 7.51. The number of anilines is 2. The first kappa shape index (κ1) is 30.6. The van der Waals surface area contributed by atoms with Crippen LogP contribution in [0.25, 0.3) is 22.3 Å². The lowest BCUT2D eigenvalue weighted by atomic mass is 10.1. The molecule has 6 N–H and O–H groups in total. The standard InChI is InChI=1S/C21H25FN10O10P2S/c1-43(35)37-2-7-12(33)14(20(39-7)31-5-27-10-15(23)25-4-26-16(10)31)42-44(36,45)38-3-8-13(41-43)9(22)19(40-8)32-6-28-11-17(32)29-21(24)30-18(11)34/h4-9,12-14,19-20,33H,2-3H2,1H3,(H,36,45)(H2,23,25,26)(H3,24,29,30,34)/t7-,8-,9-,12-,13-,14-,19-,20-,43?,44?/m1/s1. The van der Waals surface area contributed by atoms with E-state index in [0.717, 1.165) is 17.6 Å². The van der Waals surface area contributed by atoms with Gasteiger partial charge in [-0.25, -0.2) is 28.9 Å². The number of alkyl halides is 1. The second kappa shape index (κ2) is 11.0. The largest absolute Gasteiger partial charge is 0.387 e. The number of nitrogen functional groups attached to an aromatic ring is 2. The van der Waals surface area contributed by atoms with Crippen molar-refractivity contribution in [2.45, 2.75) is 49.1 Å². The molecule has 7 rings (SSSR count). The second-order valence-corrected chi connectivity index (χ2v) is 15.3. The van der Waals surface area contributed by atoms with Crippen molar-refractivity contribution in [1.29, 1.82) is 0 Å². The Morgan fingerprint density at radius 2 is 1.67 bits per heavy atom. The molecule has 3 saturated heterocycles. The first-order chi connectivity index (χ1) is 21.3. The molecule has 4 aromatic rings. The fraction of sp³-hybridized carbons (Fsp3) is 0.524. The molecule has 20 nitrogen and oxygen atoms in total. The molecule has 3 fully saturated rings. The van der Waals surface area contributed by atoms with Crippen LogP contribution in [-0.2, 0) is 36.7 Å². The topological polar surface area (TPSA) is 269 Å². The van der Waals surface area contributed by atoms with Crippen molar-refractivity contribution in [3.63, 3.8) is 0 Å². The molecular weight excluding hydrogens is 665 g/mol. The van der Waals surface area contributed by atoms with Gasteiger partial charge in [-0.2, -0.15) is 4.98 Å². The van der Waals surface area contributed by atoms with Crippen molar-refractivity contribution in [2.24, 2.45) is 0 Å². The summed E-state index contributed by atoms with van der Waals surface area (Å²) >= 11 is 4.07. The summed E-state index contributed by atoms with van der Waals surface area (Å²) in [5.74, 6) is -0.171. The zero-order chi connectivity index (χ0) is 31.8. The van der Waals surface area contributed by atoms with E-state index < -0.39 is 82.3 Å². The summed E-state index contributed by atoms with van der Waals surface area (Å²) in [7, 11) is -4.11. The van der Waals surface area contributed by atoms with Gasteiger partial charge in [-0.05, 0) is 0 Å². The summed E-state index contributed by atoms with van der Waals surface area (Å²) in [6.45, 7) is -4.46. The van der Waals surface area contributed by atoms with Gasteiger partial charge < -0.3 is 30.6 Å². The number of imidazole rings is 2. The van der Waals surface area contributed by atoms with E-state index in [1.165, 1.54) is 17.2 Å². The van der Waals surface area contributed by atoms with Gasteiger partial charge >= 0.3 is 14.4 Å². The lowest BCUT2D eigenvalue weighted by Gasteiger charge is -2.26. The lowest BCUT2D eigenvalue weighted by molar-refractivity contribution is -0.0576. The molecule has 2 bridgehead atoms. The van der Waals surface area contributed by atoms with Gasteiger partial charge in [0.25, 0.3) is 5.56 Å². The zero-order valence-corrected chi connectivity index (χ0v) is 25.6. The third-order valence-corrected chi connectivity index (χ3v) is 10.3. The average molecular weight is 691 g/mol. The summed E-state index contributed by atoms with van der Waals surface area (Å²) in [4.78, 5) is 34.7. The van der Waals surface area contributed by atoms with Gasteiger partial charge in [0.15, 0.2) is 41.3 Å². The third-order valence-electron chi connectivity index (χ3n) is 7.41. The van der Waals surface area contributed by atoms with Gasteiger partial charge in [0, 0.05) is 6.66 Å². The minimum Gasteiger partial charge on any atom is -0.387 e. The van der Waals surface area contributed by atoms with E-state index in [0.29, 0.717) is 0 Å². The molecule has 0 radical (unpaired) electrons. The Labute approximate surface area is 255 Å². The van der Waals surface area contributed by atoms with Crippen molar-refractivity contribution in [1.82, 2.24) is 39.0 Å². The number of thiol groups is 1. The molecule has 0 amide bonds. The van der Waals surface area contributed by atoms with Crippen molar-refractivity contribution in [3.8, 4) is 0 Å². The van der Waals surface area contributed by atoms with Crippen LogP contribution in [0.1, 0.15) is 12.5 Å². The number of halogens is 1. The van der Waals surface area contributed by atoms with Gasteiger partial charge in [0.1, 0.15) is 42.4 Å². The maximum absolute atomic E-state index is 16.1. The number of hydrogen-bond acceptors (Lipinski definition) is 17. The number of rotatable bonds is 2. The van der Waals surface area contributed by atoms with Gasteiger partial charge in [-0.1, -0.05) is 12.2 Å². The minimum absolute atomic E-state index is 0.0781. The smallest absolute Gasteiger partial charge is 0.386 e. The minimum atomic E-state index is -4.38. The van der Waals surface area contributed by atoms with E-state index in [4.69, 9.17) is 39.0 Å². The lowest BCUT2D eigenvalue weighted by Crippen LogP contribution is -2.35. The molecule has 0 aliphatic carbocycles. The van der Waals surface area contributed by atoms with Crippen LogP contribution in [0.15, 0.2) is 23.8 Å². The highest BCUT2D eigenvalue weighted by Crippen LogP contribution is 2.58. The molecule has 3 aliphatic heterocycles. The first-order valence-corrected chi connectivity index (χ1v) is 17.8. The maximum atomic E-state index is 16.1. The van der Waals surface area contributed by atoms with Crippen molar-refractivity contribution < 1.29 is 46.2 Å². The molecule has 24 heteroatoms. The van der Waals surface area contributed by atoms with Crippen molar-refractivity contribution >= 4 is 60.7 Å².